The molecule has 0 saturated heterocycles. The van der Waals surface area contributed by atoms with E-state index in [1.54, 1.807) is 6.08 Å². The second-order valence-corrected chi connectivity index (χ2v) is 3.53. The van der Waals surface area contributed by atoms with Gasteiger partial charge in [0.1, 0.15) is 0 Å². The summed E-state index contributed by atoms with van der Waals surface area (Å²) in [5.41, 5.74) is 7.76. The fourth-order valence-corrected chi connectivity index (χ4v) is 1.56. The largest absolute Gasteiger partial charge is 0.342 e. The minimum Gasteiger partial charge on any atom is -0.342 e. The third-order valence-electron chi connectivity index (χ3n) is 2.31. The van der Waals surface area contributed by atoms with Crippen molar-refractivity contribution in [3.8, 4) is 0 Å². The van der Waals surface area contributed by atoms with Crippen molar-refractivity contribution in [3.05, 3.63) is 61.0 Å². The van der Waals surface area contributed by atoms with Gasteiger partial charge in [-0.25, -0.2) is 0 Å². The zero-order chi connectivity index (χ0) is 13.1. The molecule has 0 rings (SSSR count). The molecule has 2 nitrogen and oxygen atoms in total. The molecule has 0 aliphatic carbocycles. The highest BCUT2D eigenvalue weighted by Crippen LogP contribution is 2.16. The van der Waals surface area contributed by atoms with Crippen LogP contribution in [0.4, 0.5) is 0 Å². The summed E-state index contributed by atoms with van der Waals surface area (Å²) in [5, 5.41) is 0. The zero-order valence-corrected chi connectivity index (χ0v) is 11.0. The molecule has 17 heavy (non-hydrogen) atoms. The Morgan fingerprint density at radius 1 is 1.29 bits per heavy atom. The van der Waals surface area contributed by atoms with E-state index in [1.165, 1.54) is 0 Å². The van der Waals surface area contributed by atoms with Crippen LogP contribution in [0.2, 0.25) is 0 Å². The summed E-state index contributed by atoms with van der Waals surface area (Å²) in [6.45, 7) is 13.2. The minimum absolute atomic E-state index is 0.518. The van der Waals surface area contributed by atoms with Gasteiger partial charge in [0.15, 0.2) is 0 Å². The minimum atomic E-state index is 0.518. The van der Waals surface area contributed by atoms with E-state index in [0.29, 0.717) is 6.54 Å². The topological polar surface area (TPSA) is 29.3 Å². The predicted octanol–water partition coefficient (Wildman–Crippen LogP) is 3.37. The first-order valence-electron chi connectivity index (χ1n) is 6.00. The number of hydrogen-bond acceptors (Lipinski definition) is 2. The van der Waals surface area contributed by atoms with E-state index in [0.717, 1.165) is 24.4 Å². The Morgan fingerprint density at radius 3 is 2.41 bits per heavy atom. The smallest absolute Gasteiger partial charge is 0.0376 e. The predicted molar refractivity (Wildman–Crippen MR) is 77.4 cm³/mol. The standard InChI is InChI=1S/C15H24N2/c1-5-9-10-14(7-3)17(13-6-2)15(8-4)11-12-16/h5,7-11H,1,4,6,12-13,16H2,2-3H3/b10-9-,14-7+,15-11+. The van der Waals surface area contributed by atoms with Gasteiger partial charge in [-0.15, -0.1) is 0 Å². The highest BCUT2D eigenvalue weighted by molar-refractivity contribution is 5.29. The fourth-order valence-electron chi connectivity index (χ4n) is 1.56. The molecule has 0 radical (unpaired) electrons. The number of rotatable bonds is 8. The summed E-state index contributed by atoms with van der Waals surface area (Å²) in [7, 11) is 0. The second-order valence-electron chi connectivity index (χ2n) is 3.53. The van der Waals surface area contributed by atoms with Crippen molar-refractivity contribution < 1.29 is 0 Å². The molecule has 0 spiro atoms. The SMILES string of the molecule is C=C/C=C\C(=C/C)N(CCC)/C(C=C)=C/CN. The number of nitrogens with two attached hydrogens (primary N) is 1. The zero-order valence-electron chi connectivity index (χ0n) is 11.0. The number of allylic oxidation sites excluding steroid dienone is 5. The van der Waals surface area contributed by atoms with E-state index in [-0.39, 0.29) is 0 Å². The summed E-state index contributed by atoms with van der Waals surface area (Å²) >= 11 is 0. The lowest BCUT2D eigenvalue weighted by Crippen LogP contribution is -2.22. The first-order chi connectivity index (χ1) is 8.24. The molecule has 0 saturated carbocycles. The molecule has 2 heteroatoms. The lowest BCUT2D eigenvalue weighted by Gasteiger charge is -2.26. The van der Waals surface area contributed by atoms with E-state index >= 15 is 0 Å². The lowest BCUT2D eigenvalue weighted by atomic mass is 10.2. The third kappa shape index (κ3) is 5.36. The van der Waals surface area contributed by atoms with Crippen LogP contribution in [-0.2, 0) is 0 Å². The molecule has 0 unspecified atom stereocenters. The average molecular weight is 232 g/mol. The molecule has 94 valence electrons. The van der Waals surface area contributed by atoms with Crippen LogP contribution >= 0.6 is 0 Å². The van der Waals surface area contributed by atoms with Crippen LogP contribution in [0.5, 0.6) is 0 Å². The van der Waals surface area contributed by atoms with Gasteiger partial charge < -0.3 is 10.6 Å². The molecule has 0 aliphatic rings. The monoisotopic (exact) mass is 232 g/mol. The summed E-state index contributed by atoms with van der Waals surface area (Å²) in [6, 6.07) is 0. The van der Waals surface area contributed by atoms with Crippen LogP contribution < -0.4 is 5.73 Å². The lowest BCUT2D eigenvalue weighted by molar-refractivity contribution is 0.448. The van der Waals surface area contributed by atoms with Gasteiger partial charge in [-0.05, 0) is 31.6 Å². The Morgan fingerprint density at radius 2 is 2.00 bits per heavy atom. The molecule has 0 atom stereocenters. The molecule has 2 N–H and O–H groups in total. The van der Waals surface area contributed by atoms with Crippen molar-refractivity contribution in [2.75, 3.05) is 13.1 Å². The van der Waals surface area contributed by atoms with Gasteiger partial charge in [-0.2, -0.15) is 0 Å². The third-order valence-corrected chi connectivity index (χ3v) is 2.31. The number of hydrogen-bond donors (Lipinski definition) is 1. The summed E-state index contributed by atoms with van der Waals surface area (Å²) in [5.74, 6) is 0. The van der Waals surface area contributed by atoms with E-state index in [4.69, 9.17) is 5.73 Å². The molecule has 0 amide bonds. The van der Waals surface area contributed by atoms with Crippen molar-refractivity contribution in [1.82, 2.24) is 4.90 Å². The average Bonchev–Trinajstić information content (AvgIpc) is 2.35. The molecule has 0 aromatic carbocycles. The van der Waals surface area contributed by atoms with Crippen LogP contribution in [-0.4, -0.2) is 18.0 Å². The van der Waals surface area contributed by atoms with Gasteiger partial charge in [0.05, 0.1) is 0 Å². The Hall–Kier alpha value is -1.54. The van der Waals surface area contributed by atoms with Gasteiger partial charge in [-0.1, -0.05) is 38.3 Å². The molecule has 0 bridgehead atoms. The fraction of sp³-hybridized carbons (Fsp3) is 0.333. The summed E-state index contributed by atoms with van der Waals surface area (Å²) in [4.78, 5) is 2.21. The maximum Gasteiger partial charge on any atom is 0.0376 e. The first kappa shape index (κ1) is 15.5. The van der Waals surface area contributed by atoms with E-state index in [2.05, 4.69) is 31.1 Å². The van der Waals surface area contributed by atoms with Crippen LogP contribution in [0.1, 0.15) is 20.3 Å². The molecule has 0 fully saturated rings. The van der Waals surface area contributed by atoms with Crippen LogP contribution in [0.25, 0.3) is 0 Å². The van der Waals surface area contributed by atoms with E-state index in [9.17, 15) is 0 Å². The normalized spacial score (nSPS) is 12.9. The van der Waals surface area contributed by atoms with Gasteiger partial charge in [0, 0.05) is 24.5 Å². The van der Waals surface area contributed by atoms with Gasteiger partial charge in [0.2, 0.25) is 0 Å². The maximum atomic E-state index is 5.58. The molecule has 0 aromatic heterocycles. The Balaban J connectivity index is 5.17. The van der Waals surface area contributed by atoms with Crippen LogP contribution in [0, 0.1) is 0 Å². The van der Waals surface area contributed by atoms with Gasteiger partial charge >= 0.3 is 0 Å². The second kappa shape index (κ2) is 9.67. The Bertz CT molecular complexity index is 322. The van der Waals surface area contributed by atoms with E-state index in [1.807, 2.05) is 31.2 Å². The van der Waals surface area contributed by atoms with Crippen molar-refractivity contribution in [3.63, 3.8) is 0 Å². The van der Waals surface area contributed by atoms with Gasteiger partial charge in [-0.3, -0.25) is 0 Å². The van der Waals surface area contributed by atoms with Crippen LogP contribution in [0.3, 0.4) is 0 Å². The van der Waals surface area contributed by atoms with Crippen LogP contribution in [0.15, 0.2) is 61.0 Å². The summed E-state index contributed by atoms with van der Waals surface area (Å²) < 4.78 is 0. The Kier molecular flexibility index (Phi) is 8.79. The highest BCUT2D eigenvalue weighted by atomic mass is 15.1. The molecule has 0 heterocycles. The Labute approximate surface area is 106 Å². The van der Waals surface area contributed by atoms with Crippen molar-refractivity contribution in [2.45, 2.75) is 20.3 Å². The summed E-state index contributed by atoms with van der Waals surface area (Å²) in [6.07, 6.45) is 12.7. The van der Waals surface area contributed by atoms with E-state index < -0.39 is 0 Å². The van der Waals surface area contributed by atoms with Crippen molar-refractivity contribution in [2.24, 2.45) is 5.73 Å². The van der Waals surface area contributed by atoms with Crippen molar-refractivity contribution in [1.29, 1.82) is 0 Å². The quantitative estimate of drug-likeness (QED) is 0.650. The molecular formula is C15H24N2. The van der Waals surface area contributed by atoms with Crippen molar-refractivity contribution >= 4 is 0 Å². The van der Waals surface area contributed by atoms with Gasteiger partial charge in [0.25, 0.3) is 0 Å². The molecular weight excluding hydrogens is 208 g/mol. The maximum absolute atomic E-state index is 5.58. The first-order valence-corrected chi connectivity index (χ1v) is 6.00. The number of nitrogens with zero attached hydrogens (tertiary/aromatic N) is 1. The highest BCUT2D eigenvalue weighted by Gasteiger charge is 2.08. The molecule has 0 aliphatic heterocycles. The molecule has 0 aromatic rings.